The highest BCUT2D eigenvalue weighted by molar-refractivity contribution is 6.00. The highest BCUT2D eigenvalue weighted by Crippen LogP contribution is 2.29. The van der Waals surface area contributed by atoms with Crippen LogP contribution in [-0.4, -0.2) is 21.6 Å². The van der Waals surface area contributed by atoms with Crippen LogP contribution in [0.5, 0.6) is 0 Å². The Kier molecular flexibility index (Phi) is 3.09. The van der Waals surface area contributed by atoms with E-state index in [2.05, 4.69) is 0 Å². The van der Waals surface area contributed by atoms with Gasteiger partial charge in [-0.2, -0.15) is 0 Å². The number of hydrogen-bond donors (Lipinski definition) is 2. The van der Waals surface area contributed by atoms with Crippen LogP contribution < -0.4 is 0 Å². The summed E-state index contributed by atoms with van der Waals surface area (Å²) in [7, 11) is 0. The molecule has 2 unspecified atom stereocenters. The summed E-state index contributed by atoms with van der Waals surface area (Å²) in [5.41, 5.74) is 0.207. The molecule has 0 radical (unpaired) electrons. The first-order valence-corrected chi connectivity index (χ1v) is 5.83. The monoisotopic (exact) mass is 244 g/mol. The summed E-state index contributed by atoms with van der Waals surface area (Å²) < 4.78 is 0. The molecule has 0 amide bonds. The largest absolute Gasteiger partial charge is 0.508 e. The molecule has 0 heterocycles. The van der Waals surface area contributed by atoms with Crippen LogP contribution in [0, 0.1) is 12.8 Å². The summed E-state index contributed by atoms with van der Waals surface area (Å²) in [5.74, 6) is -0.841. The standard InChI is InChI=1S/C15H16O3/c1-10-4-3-5-11(8-10)14(17)13-7-6-12(16)9-15(13,2)18/h3-9,13,16,18H,1-2H3. The molecule has 3 heteroatoms. The van der Waals surface area contributed by atoms with E-state index in [4.69, 9.17) is 0 Å². The SMILES string of the molecule is Cc1cccc(C(=O)C2C=CC(O)=CC2(C)O)c1. The Balaban J connectivity index is 2.33. The second-order valence-corrected chi connectivity index (χ2v) is 4.87. The van der Waals surface area contributed by atoms with Crippen LogP contribution in [0.15, 0.2) is 48.3 Å². The first-order valence-electron chi connectivity index (χ1n) is 5.83. The van der Waals surface area contributed by atoms with E-state index in [1.165, 1.54) is 19.1 Å². The molecule has 2 atom stereocenters. The summed E-state index contributed by atoms with van der Waals surface area (Å²) in [6.45, 7) is 3.43. The highest BCUT2D eigenvalue weighted by Gasteiger charge is 2.36. The zero-order valence-electron chi connectivity index (χ0n) is 10.4. The van der Waals surface area contributed by atoms with E-state index in [1.807, 2.05) is 19.1 Å². The Morgan fingerprint density at radius 2 is 2.11 bits per heavy atom. The minimum Gasteiger partial charge on any atom is -0.508 e. The maximum atomic E-state index is 12.4. The van der Waals surface area contributed by atoms with E-state index >= 15 is 0 Å². The van der Waals surface area contributed by atoms with E-state index < -0.39 is 11.5 Å². The van der Waals surface area contributed by atoms with E-state index in [9.17, 15) is 15.0 Å². The number of benzene rings is 1. The molecule has 1 aliphatic carbocycles. The third kappa shape index (κ3) is 2.36. The van der Waals surface area contributed by atoms with Crippen LogP contribution in [0.3, 0.4) is 0 Å². The van der Waals surface area contributed by atoms with Crippen LogP contribution in [-0.2, 0) is 0 Å². The van der Waals surface area contributed by atoms with Crippen LogP contribution in [0.1, 0.15) is 22.8 Å². The first-order chi connectivity index (χ1) is 8.40. The van der Waals surface area contributed by atoms with E-state index in [0.717, 1.165) is 5.56 Å². The summed E-state index contributed by atoms with van der Waals surface area (Å²) in [6, 6.07) is 7.26. The fourth-order valence-corrected chi connectivity index (χ4v) is 2.16. The minimum atomic E-state index is -1.36. The van der Waals surface area contributed by atoms with Gasteiger partial charge in [-0.3, -0.25) is 4.79 Å². The van der Waals surface area contributed by atoms with Crippen molar-refractivity contribution in [3.8, 4) is 0 Å². The van der Waals surface area contributed by atoms with Crippen molar-refractivity contribution in [2.24, 2.45) is 5.92 Å². The van der Waals surface area contributed by atoms with Gasteiger partial charge in [0.05, 0.1) is 11.5 Å². The molecule has 0 bridgehead atoms. The smallest absolute Gasteiger partial charge is 0.172 e. The lowest BCUT2D eigenvalue weighted by Gasteiger charge is -2.29. The highest BCUT2D eigenvalue weighted by atomic mass is 16.3. The van der Waals surface area contributed by atoms with Gasteiger partial charge in [0.25, 0.3) is 0 Å². The molecule has 1 aromatic carbocycles. The third-order valence-electron chi connectivity index (χ3n) is 3.11. The van der Waals surface area contributed by atoms with Gasteiger partial charge in [-0.15, -0.1) is 0 Å². The van der Waals surface area contributed by atoms with Gasteiger partial charge in [0.15, 0.2) is 5.78 Å². The Labute approximate surface area is 106 Å². The normalized spacial score (nSPS) is 26.8. The maximum absolute atomic E-state index is 12.4. The Morgan fingerprint density at radius 1 is 1.39 bits per heavy atom. The molecule has 18 heavy (non-hydrogen) atoms. The van der Waals surface area contributed by atoms with Gasteiger partial charge in [-0.25, -0.2) is 0 Å². The molecular weight excluding hydrogens is 228 g/mol. The summed E-state index contributed by atoms with van der Waals surface area (Å²) in [4.78, 5) is 12.4. The zero-order chi connectivity index (χ0) is 13.3. The molecule has 2 rings (SSSR count). The molecular formula is C15H16O3. The molecule has 0 spiro atoms. The number of allylic oxidation sites excluding steroid dienone is 1. The third-order valence-corrected chi connectivity index (χ3v) is 3.11. The number of aliphatic hydroxyl groups is 2. The van der Waals surface area contributed by atoms with Crippen molar-refractivity contribution in [1.29, 1.82) is 0 Å². The average molecular weight is 244 g/mol. The first kappa shape index (κ1) is 12.6. The number of ketones is 1. The van der Waals surface area contributed by atoms with Gasteiger partial charge in [-0.1, -0.05) is 29.8 Å². The second kappa shape index (κ2) is 4.42. The average Bonchev–Trinajstić information content (AvgIpc) is 2.27. The molecule has 0 saturated heterocycles. The number of aliphatic hydroxyl groups excluding tert-OH is 1. The summed E-state index contributed by atoms with van der Waals surface area (Å²) in [5, 5.41) is 19.6. The molecule has 1 aromatic rings. The van der Waals surface area contributed by atoms with Gasteiger partial charge in [0.1, 0.15) is 5.76 Å². The number of hydrogen-bond acceptors (Lipinski definition) is 3. The molecule has 1 aliphatic rings. The van der Waals surface area contributed by atoms with Gasteiger partial charge < -0.3 is 10.2 Å². The number of carbonyl (C=O) groups excluding carboxylic acids is 1. The van der Waals surface area contributed by atoms with Crippen molar-refractivity contribution in [2.45, 2.75) is 19.4 Å². The Hall–Kier alpha value is -1.87. The predicted octanol–water partition coefficient (Wildman–Crippen LogP) is 2.56. The molecule has 0 aliphatic heterocycles. The van der Waals surface area contributed by atoms with Crippen molar-refractivity contribution < 1.29 is 15.0 Å². The second-order valence-electron chi connectivity index (χ2n) is 4.87. The van der Waals surface area contributed by atoms with Crippen LogP contribution in [0.4, 0.5) is 0 Å². The summed E-state index contributed by atoms with van der Waals surface area (Å²) >= 11 is 0. The van der Waals surface area contributed by atoms with Gasteiger partial charge in [0.2, 0.25) is 0 Å². The fraction of sp³-hybridized carbons (Fsp3) is 0.267. The quantitative estimate of drug-likeness (QED) is 0.786. The van der Waals surface area contributed by atoms with Crippen molar-refractivity contribution in [2.75, 3.05) is 0 Å². The number of aryl methyl sites for hydroxylation is 1. The lowest BCUT2D eigenvalue weighted by Crippen LogP contribution is -2.38. The van der Waals surface area contributed by atoms with E-state index in [-0.39, 0.29) is 11.5 Å². The molecule has 2 N–H and O–H groups in total. The lowest BCUT2D eigenvalue weighted by molar-refractivity contribution is 0.0499. The lowest BCUT2D eigenvalue weighted by atomic mass is 9.80. The van der Waals surface area contributed by atoms with Crippen molar-refractivity contribution in [1.82, 2.24) is 0 Å². The van der Waals surface area contributed by atoms with Gasteiger partial charge >= 0.3 is 0 Å². The van der Waals surface area contributed by atoms with Gasteiger partial charge in [-0.05, 0) is 32.1 Å². The number of Topliss-reactive ketones (excluding diaryl/α,β-unsaturated/α-hetero) is 1. The zero-order valence-corrected chi connectivity index (χ0v) is 10.4. The van der Waals surface area contributed by atoms with Crippen LogP contribution >= 0.6 is 0 Å². The van der Waals surface area contributed by atoms with Crippen molar-refractivity contribution >= 4 is 5.78 Å². The van der Waals surface area contributed by atoms with E-state index in [1.54, 1.807) is 18.2 Å². The van der Waals surface area contributed by atoms with Crippen molar-refractivity contribution in [3.63, 3.8) is 0 Å². The maximum Gasteiger partial charge on any atom is 0.172 e. The van der Waals surface area contributed by atoms with Crippen molar-refractivity contribution in [3.05, 3.63) is 59.4 Å². The number of rotatable bonds is 2. The van der Waals surface area contributed by atoms with E-state index in [0.29, 0.717) is 5.56 Å². The molecule has 3 nitrogen and oxygen atoms in total. The molecule has 94 valence electrons. The fourth-order valence-electron chi connectivity index (χ4n) is 2.16. The molecule has 0 saturated carbocycles. The summed E-state index contributed by atoms with van der Waals surface area (Å²) in [6.07, 6.45) is 4.28. The minimum absolute atomic E-state index is 0.0201. The Morgan fingerprint density at radius 3 is 2.72 bits per heavy atom. The molecule has 0 fully saturated rings. The predicted molar refractivity (Wildman–Crippen MR) is 69.5 cm³/mol. The van der Waals surface area contributed by atoms with Gasteiger partial charge in [0, 0.05) is 5.56 Å². The number of carbonyl (C=O) groups is 1. The van der Waals surface area contributed by atoms with Crippen LogP contribution in [0.2, 0.25) is 0 Å². The molecule has 0 aromatic heterocycles. The van der Waals surface area contributed by atoms with Crippen LogP contribution in [0.25, 0.3) is 0 Å². The topological polar surface area (TPSA) is 57.5 Å². The Bertz CT molecular complexity index is 538.